The SMILES string of the molecule is CCOc1ccc(-c2nc(C)c(C(=O)N3CCNC(C)C3C)s2)cc1.Cl.Cl. The molecular weight excluding hydrogens is 405 g/mol. The summed E-state index contributed by atoms with van der Waals surface area (Å²) in [6, 6.07) is 8.35. The van der Waals surface area contributed by atoms with Gasteiger partial charge in [-0.1, -0.05) is 0 Å². The number of hydrogen-bond donors (Lipinski definition) is 1. The maximum Gasteiger partial charge on any atom is 0.266 e. The number of nitrogens with zero attached hydrogens (tertiary/aromatic N) is 2. The molecule has 1 aromatic carbocycles. The van der Waals surface area contributed by atoms with Gasteiger partial charge < -0.3 is 15.0 Å². The number of benzene rings is 1. The first-order valence-corrected chi connectivity index (χ1v) is 9.58. The molecule has 1 N–H and O–H groups in total. The van der Waals surface area contributed by atoms with E-state index >= 15 is 0 Å². The van der Waals surface area contributed by atoms with E-state index in [0.29, 0.717) is 12.6 Å². The summed E-state index contributed by atoms with van der Waals surface area (Å²) in [4.78, 5) is 20.3. The predicted molar refractivity (Wildman–Crippen MR) is 116 cm³/mol. The van der Waals surface area contributed by atoms with E-state index in [9.17, 15) is 4.79 Å². The minimum absolute atomic E-state index is 0. The second kappa shape index (κ2) is 10.3. The van der Waals surface area contributed by atoms with E-state index in [2.05, 4.69) is 24.1 Å². The monoisotopic (exact) mass is 431 g/mol. The molecule has 2 unspecified atom stereocenters. The van der Waals surface area contributed by atoms with Crippen LogP contribution in [-0.2, 0) is 0 Å². The quantitative estimate of drug-likeness (QED) is 0.788. The summed E-state index contributed by atoms with van der Waals surface area (Å²) in [5.41, 5.74) is 1.81. The Morgan fingerprint density at radius 3 is 2.59 bits per heavy atom. The number of carbonyl (C=O) groups is 1. The Bertz CT molecular complexity index is 752. The highest BCUT2D eigenvalue weighted by Gasteiger charge is 2.30. The first-order chi connectivity index (χ1) is 12.0. The van der Waals surface area contributed by atoms with E-state index < -0.39 is 0 Å². The zero-order valence-corrected chi connectivity index (χ0v) is 18.5. The molecule has 1 fully saturated rings. The van der Waals surface area contributed by atoms with Crippen LogP contribution in [0.2, 0.25) is 0 Å². The first kappa shape index (κ1) is 23.7. The molecule has 0 spiro atoms. The molecule has 2 heterocycles. The van der Waals surface area contributed by atoms with E-state index in [1.807, 2.05) is 43.0 Å². The third-order valence-electron chi connectivity index (χ3n) is 4.70. The molecule has 1 saturated heterocycles. The topological polar surface area (TPSA) is 54.5 Å². The van der Waals surface area contributed by atoms with Crippen molar-refractivity contribution in [2.75, 3.05) is 19.7 Å². The van der Waals surface area contributed by atoms with Crippen LogP contribution in [0.1, 0.15) is 36.1 Å². The third-order valence-corrected chi connectivity index (χ3v) is 5.89. The van der Waals surface area contributed by atoms with E-state index in [4.69, 9.17) is 4.74 Å². The van der Waals surface area contributed by atoms with Gasteiger partial charge in [-0.15, -0.1) is 36.2 Å². The Balaban J connectivity index is 0.00000182. The summed E-state index contributed by atoms with van der Waals surface area (Å²) < 4.78 is 5.48. The molecule has 1 aliphatic heterocycles. The maximum atomic E-state index is 13.0. The number of rotatable bonds is 4. The van der Waals surface area contributed by atoms with Gasteiger partial charge in [-0.3, -0.25) is 4.79 Å². The Morgan fingerprint density at radius 2 is 1.96 bits per heavy atom. The van der Waals surface area contributed by atoms with Gasteiger partial charge in [0.25, 0.3) is 5.91 Å². The lowest BCUT2D eigenvalue weighted by Gasteiger charge is -2.38. The van der Waals surface area contributed by atoms with Crippen LogP contribution in [0.15, 0.2) is 24.3 Å². The van der Waals surface area contributed by atoms with Crippen LogP contribution in [0.4, 0.5) is 0 Å². The fourth-order valence-corrected chi connectivity index (χ4v) is 4.08. The van der Waals surface area contributed by atoms with Crippen molar-refractivity contribution < 1.29 is 9.53 Å². The molecule has 27 heavy (non-hydrogen) atoms. The van der Waals surface area contributed by atoms with Crippen molar-refractivity contribution in [1.29, 1.82) is 0 Å². The molecule has 0 saturated carbocycles. The molecule has 1 aliphatic rings. The van der Waals surface area contributed by atoms with Crippen LogP contribution in [0.25, 0.3) is 10.6 Å². The van der Waals surface area contributed by atoms with E-state index in [0.717, 1.165) is 40.0 Å². The molecule has 1 aromatic heterocycles. The normalized spacial score (nSPS) is 19.0. The van der Waals surface area contributed by atoms with Gasteiger partial charge >= 0.3 is 0 Å². The van der Waals surface area contributed by atoms with Crippen LogP contribution in [0, 0.1) is 6.92 Å². The number of aromatic nitrogens is 1. The molecule has 0 radical (unpaired) electrons. The molecule has 2 atom stereocenters. The first-order valence-electron chi connectivity index (χ1n) is 8.76. The van der Waals surface area contributed by atoms with E-state index in [1.165, 1.54) is 11.3 Å². The molecule has 2 aromatic rings. The number of ether oxygens (including phenoxy) is 1. The zero-order valence-electron chi connectivity index (χ0n) is 16.0. The van der Waals surface area contributed by atoms with Gasteiger partial charge in [0.05, 0.1) is 12.3 Å². The number of piperazine rings is 1. The number of nitrogens with one attached hydrogen (secondary N) is 1. The van der Waals surface area contributed by atoms with Gasteiger partial charge in [0.1, 0.15) is 15.6 Å². The number of hydrogen-bond acceptors (Lipinski definition) is 5. The van der Waals surface area contributed by atoms with Crippen LogP contribution in [0.5, 0.6) is 5.75 Å². The van der Waals surface area contributed by atoms with Crippen LogP contribution < -0.4 is 10.1 Å². The van der Waals surface area contributed by atoms with Gasteiger partial charge in [-0.2, -0.15) is 0 Å². The summed E-state index contributed by atoms with van der Waals surface area (Å²) in [5, 5.41) is 4.29. The Labute approximate surface area is 177 Å². The molecule has 150 valence electrons. The van der Waals surface area contributed by atoms with Gasteiger partial charge in [0.2, 0.25) is 0 Å². The van der Waals surface area contributed by atoms with Gasteiger partial charge in [0.15, 0.2) is 0 Å². The summed E-state index contributed by atoms with van der Waals surface area (Å²) in [6.45, 7) is 10.3. The minimum atomic E-state index is 0. The summed E-state index contributed by atoms with van der Waals surface area (Å²) >= 11 is 1.47. The lowest BCUT2D eigenvalue weighted by molar-refractivity contribution is 0.0607. The molecule has 8 heteroatoms. The average molecular weight is 432 g/mol. The fourth-order valence-electron chi connectivity index (χ4n) is 3.05. The average Bonchev–Trinajstić information content (AvgIpc) is 2.99. The van der Waals surface area contributed by atoms with Crippen molar-refractivity contribution in [2.45, 2.75) is 39.8 Å². The minimum Gasteiger partial charge on any atom is -0.494 e. The Kier molecular flexibility index (Phi) is 9.02. The number of amides is 1. The van der Waals surface area contributed by atoms with Crippen molar-refractivity contribution in [1.82, 2.24) is 15.2 Å². The highest BCUT2D eigenvalue weighted by atomic mass is 35.5. The molecule has 3 rings (SSSR count). The number of aryl methyl sites for hydroxylation is 1. The van der Waals surface area contributed by atoms with Crippen molar-refractivity contribution in [3.63, 3.8) is 0 Å². The molecule has 1 amide bonds. The second-order valence-corrected chi connectivity index (χ2v) is 7.37. The zero-order chi connectivity index (χ0) is 18.0. The number of halogens is 2. The van der Waals surface area contributed by atoms with Crippen LogP contribution in [0.3, 0.4) is 0 Å². The van der Waals surface area contributed by atoms with Crippen molar-refractivity contribution in [3.05, 3.63) is 34.8 Å². The summed E-state index contributed by atoms with van der Waals surface area (Å²) in [7, 11) is 0. The highest BCUT2D eigenvalue weighted by Crippen LogP contribution is 2.30. The van der Waals surface area contributed by atoms with E-state index in [-0.39, 0.29) is 36.8 Å². The van der Waals surface area contributed by atoms with Crippen molar-refractivity contribution in [3.8, 4) is 16.3 Å². The Morgan fingerprint density at radius 1 is 1.30 bits per heavy atom. The van der Waals surface area contributed by atoms with Gasteiger partial charge in [-0.05, 0) is 52.0 Å². The Hall–Kier alpha value is -1.34. The van der Waals surface area contributed by atoms with Crippen molar-refractivity contribution >= 4 is 42.1 Å². The predicted octanol–water partition coefficient (Wildman–Crippen LogP) is 4.18. The fraction of sp³-hybridized carbons (Fsp3) is 0.474. The molecule has 0 bridgehead atoms. The smallest absolute Gasteiger partial charge is 0.266 e. The van der Waals surface area contributed by atoms with Crippen LogP contribution in [-0.4, -0.2) is 47.6 Å². The number of thiazole rings is 1. The largest absolute Gasteiger partial charge is 0.494 e. The second-order valence-electron chi connectivity index (χ2n) is 6.37. The summed E-state index contributed by atoms with van der Waals surface area (Å²) in [5.74, 6) is 0.937. The molecule has 5 nitrogen and oxygen atoms in total. The maximum absolute atomic E-state index is 13.0. The summed E-state index contributed by atoms with van der Waals surface area (Å²) in [6.07, 6.45) is 0. The van der Waals surface area contributed by atoms with Gasteiger partial charge in [0, 0.05) is 30.7 Å². The molecule has 0 aliphatic carbocycles. The van der Waals surface area contributed by atoms with E-state index in [1.54, 1.807) is 0 Å². The van der Waals surface area contributed by atoms with Gasteiger partial charge in [-0.25, -0.2) is 4.98 Å². The van der Waals surface area contributed by atoms with Crippen molar-refractivity contribution in [2.24, 2.45) is 0 Å². The number of carbonyl (C=O) groups excluding carboxylic acids is 1. The lowest BCUT2D eigenvalue weighted by atomic mass is 10.1. The molecular formula is C19H27Cl2N3O2S. The highest BCUT2D eigenvalue weighted by molar-refractivity contribution is 7.17. The lowest BCUT2D eigenvalue weighted by Crippen LogP contribution is -2.57. The standard InChI is InChI=1S/C19H25N3O2S.2ClH/c1-5-24-16-8-6-15(7-9-16)18-21-13(3)17(25-18)19(23)22-11-10-20-12(2)14(22)4;;/h6-9,12,14,20H,5,10-11H2,1-4H3;2*1H. The van der Waals surface area contributed by atoms with Crippen LogP contribution >= 0.6 is 36.2 Å². The third kappa shape index (κ3) is 5.13.